The van der Waals surface area contributed by atoms with Gasteiger partial charge in [-0.15, -0.1) is 0 Å². The van der Waals surface area contributed by atoms with Crippen molar-refractivity contribution in [2.24, 2.45) is 0 Å². The number of nitrogens with one attached hydrogen (secondary N) is 1. The number of ether oxygens (including phenoxy) is 1. The van der Waals surface area contributed by atoms with Crippen LogP contribution in [0.5, 0.6) is 11.5 Å². The van der Waals surface area contributed by atoms with Crippen molar-refractivity contribution in [3.63, 3.8) is 0 Å². The number of aryl methyl sites for hydroxylation is 1. The molecule has 0 saturated heterocycles. The normalized spacial score (nSPS) is 10.4. The molecule has 0 aliphatic carbocycles. The summed E-state index contributed by atoms with van der Waals surface area (Å²) in [4.78, 5) is 4.10. The Balaban J connectivity index is 2.25. The van der Waals surface area contributed by atoms with Crippen molar-refractivity contribution >= 4 is 15.9 Å². The van der Waals surface area contributed by atoms with Crippen molar-refractivity contribution < 1.29 is 4.74 Å². The molecule has 0 amide bonds. The van der Waals surface area contributed by atoms with Crippen LogP contribution < -0.4 is 10.1 Å². The lowest BCUT2D eigenvalue weighted by Gasteiger charge is -2.11. The summed E-state index contributed by atoms with van der Waals surface area (Å²) >= 11 is 3.48. The monoisotopic (exact) mass is 306 g/mol. The Morgan fingerprint density at radius 1 is 1.33 bits per heavy atom. The first-order valence-corrected chi connectivity index (χ1v) is 6.51. The van der Waals surface area contributed by atoms with Gasteiger partial charge in [0.2, 0.25) is 0 Å². The maximum atomic E-state index is 5.87. The van der Waals surface area contributed by atoms with Crippen LogP contribution in [0.25, 0.3) is 0 Å². The van der Waals surface area contributed by atoms with E-state index >= 15 is 0 Å². The van der Waals surface area contributed by atoms with Crippen molar-refractivity contribution in [1.82, 2.24) is 10.3 Å². The Kier molecular flexibility index (Phi) is 4.33. The van der Waals surface area contributed by atoms with Crippen LogP contribution in [0.3, 0.4) is 0 Å². The summed E-state index contributed by atoms with van der Waals surface area (Å²) in [7, 11) is 1.91. The molecule has 2 rings (SSSR count). The van der Waals surface area contributed by atoms with Crippen LogP contribution in [0.1, 0.15) is 11.1 Å². The minimum Gasteiger partial charge on any atom is -0.455 e. The summed E-state index contributed by atoms with van der Waals surface area (Å²) in [6.45, 7) is 2.79. The van der Waals surface area contributed by atoms with Gasteiger partial charge >= 0.3 is 0 Å². The van der Waals surface area contributed by atoms with E-state index in [1.165, 1.54) is 0 Å². The van der Waals surface area contributed by atoms with Gasteiger partial charge < -0.3 is 10.1 Å². The lowest BCUT2D eigenvalue weighted by molar-refractivity contribution is 0.471. The van der Waals surface area contributed by atoms with Crippen LogP contribution >= 0.6 is 15.9 Å². The molecule has 0 atom stereocenters. The fourth-order valence-electron chi connectivity index (χ4n) is 1.64. The molecular formula is C14H15BrN2O. The van der Waals surface area contributed by atoms with E-state index in [9.17, 15) is 0 Å². The molecule has 0 saturated carbocycles. The van der Waals surface area contributed by atoms with Crippen LogP contribution in [0.4, 0.5) is 0 Å². The molecule has 94 valence electrons. The van der Waals surface area contributed by atoms with Gasteiger partial charge in [-0.25, -0.2) is 0 Å². The second kappa shape index (κ2) is 5.98. The smallest absolute Gasteiger partial charge is 0.150 e. The molecular weight excluding hydrogens is 292 g/mol. The number of nitrogens with zero attached hydrogens (tertiary/aromatic N) is 1. The minimum atomic E-state index is 0.757. The van der Waals surface area contributed by atoms with E-state index in [0.29, 0.717) is 0 Å². The topological polar surface area (TPSA) is 34.2 Å². The Bertz CT molecular complexity index is 543. The van der Waals surface area contributed by atoms with Crippen LogP contribution in [-0.2, 0) is 6.54 Å². The van der Waals surface area contributed by atoms with E-state index in [-0.39, 0.29) is 0 Å². The predicted octanol–water partition coefficient (Wildman–Crippen LogP) is 3.66. The van der Waals surface area contributed by atoms with E-state index in [0.717, 1.165) is 33.6 Å². The third kappa shape index (κ3) is 3.09. The highest BCUT2D eigenvalue weighted by Crippen LogP contribution is 2.27. The fraction of sp³-hybridized carbons (Fsp3) is 0.214. The van der Waals surface area contributed by atoms with Crippen LogP contribution in [0, 0.1) is 6.92 Å². The summed E-state index contributed by atoms with van der Waals surface area (Å²) in [5.41, 5.74) is 2.24. The van der Waals surface area contributed by atoms with Crippen LogP contribution in [-0.4, -0.2) is 12.0 Å². The molecule has 1 aromatic heterocycles. The van der Waals surface area contributed by atoms with E-state index in [2.05, 4.69) is 26.2 Å². The van der Waals surface area contributed by atoms with Gasteiger partial charge in [0.15, 0.2) is 0 Å². The Hall–Kier alpha value is -1.39. The Morgan fingerprint density at radius 2 is 2.17 bits per heavy atom. The second-order valence-electron chi connectivity index (χ2n) is 4.03. The number of aromatic nitrogens is 1. The quantitative estimate of drug-likeness (QED) is 0.936. The molecule has 18 heavy (non-hydrogen) atoms. The third-order valence-corrected chi connectivity index (χ3v) is 3.48. The highest BCUT2D eigenvalue weighted by molar-refractivity contribution is 9.10. The maximum Gasteiger partial charge on any atom is 0.150 e. The predicted molar refractivity (Wildman–Crippen MR) is 76.0 cm³/mol. The molecule has 4 heteroatoms. The lowest BCUT2D eigenvalue weighted by atomic mass is 10.2. The molecule has 0 spiro atoms. The maximum absolute atomic E-state index is 5.87. The molecule has 0 bridgehead atoms. The number of hydrogen-bond donors (Lipinski definition) is 1. The number of pyridine rings is 1. The molecule has 0 fully saturated rings. The first-order valence-electron chi connectivity index (χ1n) is 5.72. The zero-order chi connectivity index (χ0) is 13.0. The zero-order valence-corrected chi connectivity index (χ0v) is 12.0. The summed E-state index contributed by atoms with van der Waals surface area (Å²) in [5, 5.41) is 3.12. The Morgan fingerprint density at radius 3 is 2.89 bits per heavy atom. The highest BCUT2D eigenvalue weighted by Gasteiger charge is 2.05. The second-order valence-corrected chi connectivity index (χ2v) is 4.88. The minimum absolute atomic E-state index is 0.757. The van der Waals surface area contributed by atoms with Crippen molar-refractivity contribution in [3.05, 3.63) is 52.3 Å². The summed E-state index contributed by atoms with van der Waals surface area (Å²) in [6, 6.07) is 7.88. The van der Waals surface area contributed by atoms with Crippen LogP contribution in [0.15, 0.2) is 41.1 Å². The van der Waals surface area contributed by atoms with Gasteiger partial charge in [0.05, 0.1) is 6.20 Å². The first kappa shape index (κ1) is 13.1. The lowest BCUT2D eigenvalue weighted by Crippen LogP contribution is -2.06. The molecule has 0 unspecified atom stereocenters. The summed E-state index contributed by atoms with van der Waals surface area (Å²) < 4.78 is 6.95. The van der Waals surface area contributed by atoms with Gasteiger partial charge in [-0.1, -0.05) is 15.9 Å². The van der Waals surface area contributed by atoms with Crippen molar-refractivity contribution in [3.8, 4) is 11.5 Å². The molecule has 0 aliphatic heterocycles. The van der Waals surface area contributed by atoms with Crippen molar-refractivity contribution in [1.29, 1.82) is 0 Å². The van der Waals surface area contributed by atoms with E-state index < -0.39 is 0 Å². The fourth-order valence-corrected chi connectivity index (χ4v) is 1.89. The first-order chi connectivity index (χ1) is 8.70. The van der Waals surface area contributed by atoms with Gasteiger partial charge in [-0.05, 0) is 43.8 Å². The molecule has 2 aromatic rings. The Labute approximate surface area is 115 Å². The highest BCUT2D eigenvalue weighted by atomic mass is 79.9. The standard InChI is InChI=1S/C14H15BrN2O/c1-10-7-12(3-4-13(10)15)18-14-9-17-6-5-11(14)8-16-2/h3-7,9,16H,8H2,1-2H3. The molecule has 0 aliphatic rings. The van der Waals surface area contributed by atoms with Gasteiger partial charge in [0.1, 0.15) is 11.5 Å². The van der Waals surface area contributed by atoms with Gasteiger partial charge in [0, 0.05) is 22.8 Å². The number of hydrogen-bond acceptors (Lipinski definition) is 3. The van der Waals surface area contributed by atoms with Gasteiger partial charge in [-0.3, -0.25) is 4.98 Å². The SMILES string of the molecule is CNCc1ccncc1Oc1ccc(Br)c(C)c1. The van der Waals surface area contributed by atoms with E-state index in [1.807, 2.05) is 38.2 Å². The zero-order valence-electron chi connectivity index (χ0n) is 10.4. The summed E-state index contributed by atoms with van der Waals surface area (Å²) in [5.74, 6) is 1.61. The van der Waals surface area contributed by atoms with E-state index in [1.54, 1.807) is 12.4 Å². The number of rotatable bonds is 4. The van der Waals surface area contributed by atoms with E-state index in [4.69, 9.17) is 4.74 Å². The molecule has 1 aromatic carbocycles. The average Bonchev–Trinajstić information content (AvgIpc) is 2.37. The van der Waals surface area contributed by atoms with Crippen molar-refractivity contribution in [2.75, 3.05) is 7.05 Å². The van der Waals surface area contributed by atoms with Crippen molar-refractivity contribution in [2.45, 2.75) is 13.5 Å². The van der Waals surface area contributed by atoms with Gasteiger partial charge in [-0.2, -0.15) is 0 Å². The third-order valence-electron chi connectivity index (χ3n) is 2.59. The molecule has 3 nitrogen and oxygen atoms in total. The van der Waals surface area contributed by atoms with Crippen LogP contribution in [0.2, 0.25) is 0 Å². The average molecular weight is 307 g/mol. The number of benzene rings is 1. The molecule has 0 radical (unpaired) electrons. The largest absolute Gasteiger partial charge is 0.455 e. The molecule has 1 N–H and O–H groups in total. The number of halogens is 1. The summed E-state index contributed by atoms with van der Waals surface area (Å²) in [6.07, 6.45) is 3.51. The van der Waals surface area contributed by atoms with Gasteiger partial charge in [0.25, 0.3) is 0 Å². The molecule has 1 heterocycles.